The molecular weight excluding hydrogens is 436 g/mol. The van der Waals surface area contributed by atoms with Crippen LogP contribution in [0.1, 0.15) is 40.7 Å². The van der Waals surface area contributed by atoms with Crippen LogP contribution in [0.3, 0.4) is 0 Å². The summed E-state index contributed by atoms with van der Waals surface area (Å²) in [6.45, 7) is 4.23. The number of nitro groups is 1. The summed E-state index contributed by atoms with van der Waals surface area (Å²) in [7, 11) is 0. The number of amides is 1. The Hall–Kier alpha value is -3.13. The van der Waals surface area contributed by atoms with E-state index in [1.165, 1.54) is 18.2 Å². The average Bonchev–Trinajstić information content (AvgIpc) is 2.76. The molecule has 0 saturated carbocycles. The van der Waals surface area contributed by atoms with Crippen LogP contribution in [0, 0.1) is 24.0 Å². The monoisotopic (exact) mass is 458 g/mol. The van der Waals surface area contributed by atoms with E-state index in [4.69, 9.17) is 21.1 Å². The average molecular weight is 459 g/mol. The minimum Gasteiger partial charge on any atom is -0.486 e. The molecule has 4 rings (SSSR count). The van der Waals surface area contributed by atoms with Gasteiger partial charge in [-0.05, 0) is 37.1 Å². The molecule has 2 aromatic rings. The van der Waals surface area contributed by atoms with Crippen LogP contribution in [0.15, 0.2) is 30.3 Å². The Kier molecular flexibility index (Phi) is 5.81. The first-order chi connectivity index (χ1) is 15.2. The summed E-state index contributed by atoms with van der Waals surface area (Å²) in [6.07, 6.45) is 1.27. The highest BCUT2D eigenvalue weighted by molar-refractivity contribution is 6.32. The van der Waals surface area contributed by atoms with E-state index in [0.29, 0.717) is 42.3 Å². The van der Waals surface area contributed by atoms with Crippen molar-refractivity contribution in [1.29, 1.82) is 0 Å². The number of rotatable bonds is 4. The predicted octanol–water partition coefficient (Wildman–Crippen LogP) is 4.27. The Morgan fingerprint density at radius 1 is 1.28 bits per heavy atom. The molecule has 2 aliphatic heterocycles. The van der Waals surface area contributed by atoms with Crippen molar-refractivity contribution in [3.63, 3.8) is 0 Å². The molecule has 9 heteroatoms. The maximum absolute atomic E-state index is 12.9. The SMILES string of the molecule is Cc1cc2c(c(C)c1Cl)C(=O)CC1(CCN(C(=O)COc3ccccc3[N+](=O)[O-])CC1)O2. The highest BCUT2D eigenvalue weighted by Crippen LogP contribution is 2.43. The van der Waals surface area contributed by atoms with E-state index in [1.54, 1.807) is 11.0 Å². The number of likely N-dealkylation sites (tertiary alicyclic amines) is 1. The molecule has 8 nitrogen and oxygen atoms in total. The number of fused-ring (bicyclic) bond motifs is 1. The van der Waals surface area contributed by atoms with Crippen LogP contribution >= 0.6 is 11.6 Å². The third-order valence-corrected chi connectivity index (χ3v) is 6.75. The number of halogens is 1. The smallest absolute Gasteiger partial charge is 0.310 e. The molecule has 0 radical (unpaired) electrons. The minimum absolute atomic E-state index is 0.00477. The van der Waals surface area contributed by atoms with Crippen molar-refractivity contribution in [2.45, 2.75) is 38.7 Å². The fourth-order valence-corrected chi connectivity index (χ4v) is 4.55. The number of ether oxygens (including phenoxy) is 2. The summed E-state index contributed by atoms with van der Waals surface area (Å²) in [5, 5.41) is 11.7. The van der Waals surface area contributed by atoms with Gasteiger partial charge in [-0.2, -0.15) is 0 Å². The van der Waals surface area contributed by atoms with Gasteiger partial charge < -0.3 is 14.4 Å². The molecular formula is C23H23ClN2O6. The van der Waals surface area contributed by atoms with Gasteiger partial charge in [-0.25, -0.2) is 0 Å². The van der Waals surface area contributed by atoms with Gasteiger partial charge in [0.25, 0.3) is 5.91 Å². The zero-order valence-corrected chi connectivity index (χ0v) is 18.6. The summed E-state index contributed by atoms with van der Waals surface area (Å²) in [5.74, 6) is 0.353. The number of piperidine rings is 1. The molecule has 1 fully saturated rings. The largest absolute Gasteiger partial charge is 0.486 e. The second-order valence-corrected chi connectivity index (χ2v) is 8.66. The van der Waals surface area contributed by atoms with E-state index in [2.05, 4.69) is 0 Å². The van der Waals surface area contributed by atoms with Crippen molar-refractivity contribution in [2.24, 2.45) is 0 Å². The molecule has 32 heavy (non-hydrogen) atoms. The number of hydrogen-bond donors (Lipinski definition) is 0. The number of Topliss-reactive ketones (excluding diaryl/α,β-unsaturated/α-hetero) is 1. The molecule has 2 heterocycles. The van der Waals surface area contributed by atoms with Gasteiger partial charge in [-0.3, -0.25) is 19.7 Å². The summed E-state index contributed by atoms with van der Waals surface area (Å²) in [4.78, 5) is 37.7. The Balaban J connectivity index is 1.41. The maximum Gasteiger partial charge on any atom is 0.310 e. The lowest BCUT2D eigenvalue weighted by Gasteiger charge is -2.44. The van der Waals surface area contributed by atoms with E-state index in [0.717, 1.165) is 11.1 Å². The molecule has 168 valence electrons. The van der Waals surface area contributed by atoms with Crippen LogP contribution in [0.5, 0.6) is 11.5 Å². The van der Waals surface area contributed by atoms with E-state index in [9.17, 15) is 19.7 Å². The number of ketones is 1. The molecule has 1 spiro atoms. The van der Waals surface area contributed by atoms with Crippen molar-refractivity contribution in [2.75, 3.05) is 19.7 Å². The normalized spacial score (nSPS) is 17.0. The van der Waals surface area contributed by atoms with E-state index in [1.807, 2.05) is 19.9 Å². The van der Waals surface area contributed by atoms with Gasteiger partial charge in [0, 0.05) is 37.0 Å². The predicted molar refractivity (Wildman–Crippen MR) is 118 cm³/mol. The Labute approximate surface area is 190 Å². The number of nitrogens with zero attached hydrogens (tertiary/aromatic N) is 2. The number of hydrogen-bond acceptors (Lipinski definition) is 6. The molecule has 0 N–H and O–H groups in total. The van der Waals surface area contributed by atoms with Crippen LogP contribution in [-0.2, 0) is 4.79 Å². The van der Waals surface area contributed by atoms with E-state index in [-0.39, 0.29) is 36.2 Å². The third-order valence-electron chi connectivity index (χ3n) is 6.17. The fraction of sp³-hybridized carbons (Fsp3) is 0.391. The van der Waals surface area contributed by atoms with Crippen molar-refractivity contribution in [3.05, 3.63) is 62.2 Å². The van der Waals surface area contributed by atoms with Crippen LogP contribution in [0.25, 0.3) is 0 Å². The van der Waals surface area contributed by atoms with Crippen molar-refractivity contribution < 1.29 is 24.0 Å². The van der Waals surface area contributed by atoms with Crippen LogP contribution < -0.4 is 9.47 Å². The number of carbonyl (C=O) groups is 2. The summed E-state index contributed by atoms with van der Waals surface area (Å²) in [6, 6.07) is 7.75. The topological polar surface area (TPSA) is 99.0 Å². The first kappa shape index (κ1) is 22.1. The molecule has 0 aromatic heterocycles. The van der Waals surface area contributed by atoms with Crippen molar-refractivity contribution >= 4 is 29.0 Å². The first-order valence-electron chi connectivity index (χ1n) is 10.4. The standard InChI is InChI=1S/C23H23ClN2O6/c1-14-11-19-21(15(2)22(14)24)17(27)12-23(32-19)7-9-25(10-8-23)20(28)13-31-18-6-4-3-5-16(18)26(29)30/h3-6,11H,7-10,12-13H2,1-2H3. The number of aryl methyl sites for hydroxylation is 1. The second-order valence-electron chi connectivity index (χ2n) is 8.28. The molecule has 0 bridgehead atoms. The maximum atomic E-state index is 12.9. The lowest BCUT2D eigenvalue weighted by atomic mass is 9.81. The molecule has 2 aromatic carbocycles. The summed E-state index contributed by atoms with van der Waals surface area (Å²) < 4.78 is 11.7. The van der Waals surface area contributed by atoms with Gasteiger partial charge in [0.2, 0.25) is 0 Å². The lowest BCUT2D eigenvalue weighted by molar-refractivity contribution is -0.385. The summed E-state index contributed by atoms with van der Waals surface area (Å²) in [5.41, 5.74) is 1.31. The molecule has 0 atom stereocenters. The first-order valence-corrected chi connectivity index (χ1v) is 10.7. The number of carbonyl (C=O) groups excluding carboxylic acids is 2. The quantitative estimate of drug-likeness (QED) is 0.501. The highest BCUT2D eigenvalue weighted by atomic mass is 35.5. The third kappa shape index (κ3) is 4.02. The lowest BCUT2D eigenvalue weighted by Crippen LogP contribution is -2.53. The van der Waals surface area contributed by atoms with Crippen LogP contribution in [-0.4, -0.2) is 46.8 Å². The molecule has 0 unspecified atom stereocenters. The van der Waals surface area contributed by atoms with Crippen LogP contribution in [0.2, 0.25) is 5.02 Å². The Bertz CT molecular complexity index is 1110. The Morgan fingerprint density at radius 2 is 1.97 bits per heavy atom. The van der Waals surface area contributed by atoms with Gasteiger partial charge in [0.15, 0.2) is 18.1 Å². The Morgan fingerprint density at radius 3 is 2.66 bits per heavy atom. The van der Waals surface area contributed by atoms with Crippen molar-refractivity contribution in [1.82, 2.24) is 4.90 Å². The molecule has 2 aliphatic rings. The van der Waals surface area contributed by atoms with E-state index >= 15 is 0 Å². The van der Waals surface area contributed by atoms with Gasteiger partial charge in [0.05, 0.1) is 16.9 Å². The fourth-order valence-electron chi connectivity index (χ4n) is 4.40. The number of para-hydroxylation sites is 2. The van der Waals surface area contributed by atoms with Gasteiger partial charge in [0.1, 0.15) is 11.4 Å². The zero-order chi connectivity index (χ0) is 23.0. The van der Waals surface area contributed by atoms with Gasteiger partial charge >= 0.3 is 5.69 Å². The van der Waals surface area contributed by atoms with Gasteiger partial charge in [-0.1, -0.05) is 23.7 Å². The van der Waals surface area contributed by atoms with Gasteiger partial charge in [-0.15, -0.1) is 0 Å². The summed E-state index contributed by atoms with van der Waals surface area (Å²) >= 11 is 6.31. The second kappa shape index (κ2) is 8.43. The molecule has 1 saturated heterocycles. The van der Waals surface area contributed by atoms with Crippen LogP contribution in [0.4, 0.5) is 5.69 Å². The molecule has 1 amide bonds. The number of benzene rings is 2. The highest BCUT2D eigenvalue weighted by Gasteiger charge is 2.44. The molecule has 0 aliphatic carbocycles. The van der Waals surface area contributed by atoms with Crippen molar-refractivity contribution in [3.8, 4) is 11.5 Å². The minimum atomic E-state index is -0.646. The zero-order valence-electron chi connectivity index (χ0n) is 17.9. The van der Waals surface area contributed by atoms with E-state index < -0.39 is 10.5 Å². The number of nitro benzene ring substituents is 1.